The van der Waals surface area contributed by atoms with Crippen molar-refractivity contribution < 1.29 is 4.74 Å². The molecule has 1 heterocycles. The average Bonchev–Trinajstić information content (AvgIpc) is 3.13. The second-order valence-corrected chi connectivity index (χ2v) is 5.84. The van der Waals surface area contributed by atoms with Gasteiger partial charge in [0, 0.05) is 38.5 Å². The van der Waals surface area contributed by atoms with E-state index >= 15 is 0 Å². The highest BCUT2D eigenvalue weighted by atomic mass is 16.5. The van der Waals surface area contributed by atoms with Gasteiger partial charge in [0.1, 0.15) is 0 Å². The van der Waals surface area contributed by atoms with E-state index in [2.05, 4.69) is 41.5 Å². The third-order valence-corrected chi connectivity index (χ3v) is 4.05. The summed E-state index contributed by atoms with van der Waals surface area (Å²) >= 11 is 0. The molecule has 1 aliphatic heterocycles. The number of nitrogens with one attached hydrogen (secondary N) is 1. The number of anilines is 1. The maximum absolute atomic E-state index is 5.69. The second-order valence-electron chi connectivity index (χ2n) is 5.84. The Kier molecular flexibility index (Phi) is 4.04. The summed E-state index contributed by atoms with van der Waals surface area (Å²) in [6.07, 6.45) is 5.53. The van der Waals surface area contributed by atoms with Crippen molar-refractivity contribution in [3.8, 4) is 0 Å². The number of rotatable bonds is 6. The minimum Gasteiger partial charge on any atom is -0.376 e. The fourth-order valence-electron chi connectivity index (χ4n) is 2.62. The van der Waals surface area contributed by atoms with Gasteiger partial charge in [-0.3, -0.25) is 0 Å². The van der Waals surface area contributed by atoms with Crippen LogP contribution in [-0.2, 0) is 11.3 Å². The molecule has 0 radical (unpaired) electrons. The Balaban J connectivity index is 1.51. The molecule has 1 aromatic carbocycles. The zero-order chi connectivity index (χ0) is 13.1. The zero-order valence-corrected chi connectivity index (χ0v) is 11.8. The van der Waals surface area contributed by atoms with Gasteiger partial charge in [-0.15, -0.1) is 0 Å². The Labute approximate surface area is 115 Å². The first kappa shape index (κ1) is 12.9. The van der Waals surface area contributed by atoms with Crippen LogP contribution in [0.3, 0.4) is 0 Å². The zero-order valence-electron chi connectivity index (χ0n) is 11.8. The molecule has 1 unspecified atom stereocenters. The summed E-state index contributed by atoms with van der Waals surface area (Å²) in [6, 6.07) is 9.69. The monoisotopic (exact) mass is 260 g/mol. The van der Waals surface area contributed by atoms with Gasteiger partial charge in [0.25, 0.3) is 0 Å². The van der Waals surface area contributed by atoms with Gasteiger partial charge >= 0.3 is 0 Å². The van der Waals surface area contributed by atoms with E-state index in [0.29, 0.717) is 6.10 Å². The van der Waals surface area contributed by atoms with Gasteiger partial charge in [-0.2, -0.15) is 0 Å². The molecule has 1 N–H and O–H groups in total. The molecule has 2 aliphatic rings. The summed E-state index contributed by atoms with van der Waals surface area (Å²) in [5.74, 6) is 0. The van der Waals surface area contributed by atoms with Crippen molar-refractivity contribution in [1.29, 1.82) is 0 Å². The Morgan fingerprint density at radius 2 is 2.00 bits per heavy atom. The predicted octanol–water partition coefficient (Wildman–Crippen LogP) is 2.55. The number of benzene rings is 1. The molecule has 1 atom stereocenters. The Hall–Kier alpha value is -1.06. The summed E-state index contributed by atoms with van der Waals surface area (Å²) in [5.41, 5.74) is 2.66. The highest BCUT2D eigenvalue weighted by Gasteiger charge is 2.20. The lowest BCUT2D eigenvalue weighted by Crippen LogP contribution is -2.28. The van der Waals surface area contributed by atoms with Crippen LogP contribution in [0.4, 0.5) is 5.69 Å². The third kappa shape index (κ3) is 3.71. The van der Waals surface area contributed by atoms with Crippen molar-refractivity contribution in [2.24, 2.45) is 0 Å². The number of likely N-dealkylation sites (N-methyl/N-ethyl adjacent to an activating group) is 1. The molecule has 0 bridgehead atoms. The van der Waals surface area contributed by atoms with E-state index < -0.39 is 0 Å². The molecule has 0 amide bonds. The second kappa shape index (κ2) is 5.93. The molecule has 1 saturated heterocycles. The summed E-state index contributed by atoms with van der Waals surface area (Å²) in [6.45, 7) is 2.93. The van der Waals surface area contributed by atoms with Crippen LogP contribution >= 0.6 is 0 Å². The maximum atomic E-state index is 5.69. The number of hydrogen-bond acceptors (Lipinski definition) is 3. The lowest BCUT2D eigenvalue weighted by atomic mass is 10.1. The molecule has 1 aromatic rings. The Bertz CT molecular complexity index is 394. The highest BCUT2D eigenvalue weighted by molar-refractivity contribution is 5.47. The Morgan fingerprint density at radius 3 is 2.63 bits per heavy atom. The maximum Gasteiger partial charge on any atom is 0.0750 e. The summed E-state index contributed by atoms with van der Waals surface area (Å²) < 4.78 is 5.69. The van der Waals surface area contributed by atoms with Crippen LogP contribution in [0.2, 0.25) is 0 Å². The van der Waals surface area contributed by atoms with Crippen molar-refractivity contribution in [1.82, 2.24) is 5.32 Å². The largest absolute Gasteiger partial charge is 0.376 e. The first-order chi connectivity index (χ1) is 9.31. The Morgan fingerprint density at radius 1 is 1.21 bits per heavy atom. The first-order valence-corrected chi connectivity index (χ1v) is 7.46. The molecule has 2 fully saturated rings. The van der Waals surface area contributed by atoms with Gasteiger partial charge in [-0.1, -0.05) is 12.1 Å². The molecular formula is C16H24N2O. The van der Waals surface area contributed by atoms with Crippen LogP contribution in [0.25, 0.3) is 0 Å². The van der Waals surface area contributed by atoms with Crippen molar-refractivity contribution in [3.63, 3.8) is 0 Å². The molecule has 1 aliphatic carbocycles. The van der Waals surface area contributed by atoms with Gasteiger partial charge in [0.05, 0.1) is 6.10 Å². The smallest absolute Gasteiger partial charge is 0.0750 e. The SMILES string of the molecule is CN(CC1CCCO1)c1ccc(CNC2CC2)cc1. The fraction of sp³-hybridized carbons (Fsp3) is 0.625. The van der Waals surface area contributed by atoms with E-state index in [0.717, 1.165) is 25.7 Å². The first-order valence-electron chi connectivity index (χ1n) is 7.46. The summed E-state index contributed by atoms with van der Waals surface area (Å²) in [7, 11) is 2.15. The average molecular weight is 260 g/mol. The van der Waals surface area contributed by atoms with E-state index in [9.17, 15) is 0 Å². The van der Waals surface area contributed by atoms with Crippen LogP contribution in [0.1, 0.15) is 31.2 Å². The lowest BCUT2D eigenvalue weighted by Gasteiger charge is -2.23. The summed E-state index contributed by atoms with van der Waals surface area (Å²) in [4.78, 5) is 2.30. The van der Waals surface area contributed by atoms with Crippen LogP contribution in [0, 0.1) is 0 Å². The minimum atomic E-state index is 0.418. The van der Waals surface area contributed by atoms with Crippen molar-refractivity contribution >= 4 is 5.69 Å². The molecule has 19 heavy (non-hydrogen) atoms. The van der Waals surface area contributed by atoms with Gasteiger partial charge < -0.3 is 15.0 Å². The summed E-state index contributed by atoms with van der Waals surface area (Å²) in [5, 5.41) is 3.55. The van der Waals surface area contributed by atoms with Crippen LogP contribution in [0.5, 0.6) is 0 Å². The quantitative estimate of drug-likeness (QED) is 0.850. The third-order valence-electron chi connectivity index (χ3n) is 4.05. The minimum absolute atomic E-state index is 0.418. The molecule has 3 nitrogen and oxygen atoms in total. The molecule has 0 spiro atoms. The van der Waals surface area contributed by atoms with Gasteiger partial charge in [0.15, 0.2) is 0 Å². The number of hydrogen-bond donors (Lipinski definition) is 1. The number of nitrogens with zero attached hydrogens (tertiary/aromatic N) is 1. The van der Waals surface area contributed by atoms with E-state index in [1.807, 2.05) is 0 Å². The van der Waals surface area contributed by atoms with Gasteiger partial charge in [-0.25, -0.2) is 0 Å². The fourth-order valence-corrected chi connectivity index (χ4v) is 2.62. The van der Waals surface area contributed by atoms with Crippen molar-refractivity contribution in [2.75, 3.05) is 25.1 Å². The van der Waals surface area contributed by atoms with Crippen molar-refractivity contribution in [3.05, 3.63) is 29.8 Å². The molecular weight excluding hydrogens is 236 g/mol. The van der Waals surface area contributed by atoms with E-state index in [1.54, 1.807) is 0 Å². The normalized spacial score (nSPS) is 22.7. The molecule has 1 saturated carbocycles. The highest BCUT2D eigenvalue weighted by Crippen LogP contribution is 2.21. The molecule has 3 heteroatoms. The van der Waals surface area contributed by atoms with Crippen LogP contribution in [-0.4, -0.2) is 32.3 Å². The van der Waals surface area contributed by atoms with E-state index in [4.69, 9.17) is 4.74 Å². The number of ether oxygens (including phenoxy) is 1. The molecule has 0 aromatic heterocycles. The standard InChI is InChI=1S/C16H24N2O/c1-18(12-16-3-2-10-19-16)15-8-4-13(5-9-15)11-17-14-6-7-14/h4-5,8-9,14,16-17H,2-3,6-7,10-12H2,1H3. The van der Waals surface area contributed by atoms with Crippen molar-refractivity contribution in [2.45, 2.75) is 44.4 Å². The van der Waals surface area contributed by atoms with E-state index in [-0.39, 0.29) is 0 Å². The molecule has 104 valence electrons. The predicted molar refractivity (Wildman–Crippen MR) is 78.5 cm³/mol. The van der Waals surface area contributed by atoms with Crippen LogP contribution < -0.4 is 10.2 Å². The molecule has 3 rings (SSSR count). The lowest BCUT2D eigenvalue weighted by molar-refractivity contribution is 0.116. The van der Waals surface area contributed by atoms with Crippen LogP contribution in [0.15, 0.2) is 24.3 Å². The topological polar surface area (TPSA) is 24.5 Å². The van der Waals surface area contributed by atoms with E-state index in [1.165, 1.54) is 36.9 Å². The van der Waals surface area contributed by atoms with Gasteiger partial charge in [-0.05, 0) is 43.4 Å². The van der Waals surface area contributed by atoms with Gasteiger partial charge in [0.2, 0.25) is 0 Å².